The molecule has 1 aliphatic heterocycles. The topological polar surface area (TPSA) is 24.1 Å². The van der Waals surface area contributed by atoms with E-state index in [4.69, 9.17) is 0 Å². The monoisotopic (exact) mass is 190 g/mol. The molecule has 2 nitrogen and oxygen atoms in total. The van der Waals surface area contributed by atoms with E-state index in [1.807, 2.05) is 0 Å². The number of rotatable bonds is 4. The standard InChI is InChI=1S/C12H18N2/c1-2-7-13-9-11-5-3-4-10-6-8-14-12(10)11/h3-5,13-14H,2,6-9H2,1H3. The van der Waals surface area contributed by atoms with Crippen LogP contribution in [0.25, 0.3) is 0 Å². The summed E-state index contributed by atoms with van der Waals surface area (Å²) in [6.45, 7) is 5.38. The Kier molecular flexibility index (Phi) is 3.04. The van der Waals surface area contributed by atoms with E-state index >= 15 is 0 Å². The van der Waals surface area contributed by atoms with Gasteiger partial charge >= 0.3 is 0 Å². The van der Waals surface area contributed by atoms with Gasteiger partial charge in [-0.3, -0.25) is 0 Å². The second-order valence-corrected chi connectivity index (χ2v) is 3.80. The third-order valence-corrected chi connectivity index (χ3v) is 2.68. The molecule has 76 valence electrons. The molecule has 1 aromatic rings. The van der Waals surface area contributed by atoms with Gasteiger partial charge < -0.3 is 10.6 Å². The van der Waals surface area contributed by atoms with Crippen molar-refractivity contribution < 1.29 is 0 Å². The van der Waals surface area contributed by atoms with Crippen LogP contribution in [0, 0.1) is 0 Å². The maximum absolute atomic E-state index is 3.46. The molecule has 0 amide bonds. The van der Waals surface area contributed by atoms with Crippen LogP contribution < -0.4 is 10.6 Å². The first-order valence-corrected chi connectivity index (χ1v) is 5.47. The van der Waals surface area contributed by atoms with Gasteiger partial charge in [-0.05, 0) is 30.5 Å². The first-order chi connectivity index (χ1) is 6.92. The Hall–Kier alpha value is -1.02. The zero-order chi connectivity index (χ0) is 9.80. The quantitative estimate of drug-likeness (QED) is 0.711. The summed E-state index contributed by atoms with van der Waals surface area (Å²) in [5.41, 5.74) is 4.25. The van der Waals surface area contributed by atoms with Crippen molar-refractivity contribution in [1.82, 2.24) is 5.32 Å². The van der Waals surface area contributed by atoms with Crippen molar-refractivity contribution in [3.63, 3.8) is 0 Å². The molecule has 2 rings (SSSR count). The van der Waals surface area contributed by atoms with Crippen LogP contribution in [-0.2, 0) is 13.0 Å². The van der Waals surface area contributed by atoms with Crippen molar-refractivity contribution in [3.8, 4) is 0 Å². The van der Waals surface area contributed by atoms with Gasteiger partial charge in [-0.2, -0.15) is 0 Å². The molecular formula is C12H18N2. The highest BCUT2D eigenvalue weighted by Crippen LogP contribution is 2.25. The minimum Gasteiger partial charge on any atom is -0.384 e. The Labute approximate surface area is 85.7 Å². The molecule has 0 bridgehead atoms. The molecule has 0 aromatic heterocycles. The van der Waals surface area contributed by atoms with E-state index in [1.54, 1.807) is 0 Å². The van der Waals surface area contributed by atoms with Gasteiger partial charge in [0.25, 0.3) is 0 Å². The summed E-state index contributed by atoms with van der Waals surface area (Å²) < 4.78 is 0. The molecule has 0 unspecified atom stereocenters. The van der Waals surface area contributed by atoms with Crippen LogP contribution in [0.1, 0.15) is 24.5 Å². The van der Waals surface area contributed by atoms with E-state index in [0.29, 0.717) is 0 Å². The zero-order valence-corrected chi connectivity index (χ0v) is 8.77. The Bertz CT molecular complexity index is 307. The third kappa shape index (κ3) is 1.90. The minimum absolute atomic E-state index is 0.990. The fraction of sp³-hybridized carbons (Fsp3) is 0.500. The molecule has 1 aromatic carbocycles. The van der Waals surface area contributed by atoms with Crippen LogP contribution in [0.15, 0.2) is 18.2 Å². The molecule has 0 spiro atoms. The fourth-order valence-corrected chi connectivity index (χ4v) is 1.96. The van der Waals surface area contributed by atoms with Gasteiger partial charge in [0.15, 0.2) is 0 Å². The van der Waals surface area contributed by atoms with Crippen molar-refractivity contribution >= 4 is 5.69 Å². The highest BCUT2D eigenvalue weighted by Gasteiger charge is 2.12. The van der Waals surface area contributed by atoms with Crippen molar-refractivity contribution in [2.75, 3.05) is 18.4 Å². The van der Waals surface area contributed by atoms with Crippen LogP contribution in [0.3, 0.4) is 0 Å². The molecule has 2 heteroatoms. The first-order valence-electron chi connectivity index (χ1n) is 5.47. The summed E-state index contributed by atoms with van der Waals surface area (Å²) >= 11 is 0. The van der Waals surface area contributed by atoms with Crippen LogP contribution in [-0.4, -0.2) is 13.1 Å². The highest BCUT2D eigenvalue weighted by molar-refractivity contribution is 5.61. The van der Waals surface area contributed by atoms with Crippen molar-refractivity contribution in [2.24, 2.45) is 0 Å². The lowest BCUT2D eigenvalue weighted by atomic mass is 10.1. The SMILES string of the molecule is CCCNCc1cccc2c1NCC2. The lowest BCUT2D eigenvalue weighted by Crippen LogP contribution is -2.14. The summed E-state index contributed by atoms with van der Waals surface area (Å²) in [5, 5.41) is 6.90. The molecule has 0 aliphatic carbocycles. The summed E-state index contributed by atoms with van der Waals surface area (Å²) in [7, 11) is 0. The predicted molar refractivity (Wildman–Crippen MR) is 60.6 cm³/mol. The number of para-hydroxylation sites is 1. The molecular weight excluding hydrogens is 172 g/mol. The average Bonchev–Trinajstić information content (AvgIpc) is 2.67. The first kappa shape index (κ1) is 9.53. The smallest absolute Gasteiger partial charge is 0.0419 e. The summed E-state index contributed by atoms with van der Waals surface area (Å²) in [4.78, 5) is 0. The number of nitrogens with one attached hydrogen (secondary N) is 2. The minimum atomic E-state index is 0.990. The molecule has 1 aliphatic rings. The van der Waals surface area contributed by atoms with Crippen LogP contribution in [0.5, 0.6) is 0 Å². The average molecular weight is 190 g/mol. The van der Waals surface area contributed by atoms with Gasteiger partial charge in [-0.25, -0.2) is 0 Å². The molecule has 0 saturated heterocycles. The fourth-order valence-electron chi connectivity index (χ4n) is 1.96. The van der Waals surface area contributed by atoms with Crippen molar-refractivity contribution in [2.45, 2.75) is 26.3 Å². The van der Waals surface area contributed by atoms with E-state index in [0.717, 1.165) is 19.6 Å². The lowest BCUT2D eigenvalue weighted by Gasteiger charge is -2.09. The number of fused-ring (bicyclic) bond motifs is 1. The molecule has 0 fully saturated rings. The van der Waals surface area contributed by atoms with E-state index in [1.165, 1.54) is 29.7 Å². The Morgan fingerprint density at radius 2 is 2.36 bits per heavy atom. The number of benzene rings is 1. The van der Waals surface area contributed by atoms with Crippen LogP contribution >= 0.6 is 0 Å². The zero-order valence-electron chi connectivity index (χ0n) is 8.77. The maximum Gasteiger partial charge on any atom is 0.0419 e. The second kappa shape index (κ2) is 4.47. The Morgan fingerprint density at radius 1 is 1.43 bits per heavy atom. The van der Waals surface area contributed by atoms with E-state index in [9.17, 15) is 0 Å². The summed E-state index contributed by atoms with van der Waals surface area (Å²) in [6.07, 6.45) is 2.37. The Morgan fingerprint density at radius 3 is 3.21 bits per heavy atom. The van der Waals surface area contributed by atoms with Crippen LogP contribution in [0.2, 0.25) is 0 Å². The molecule has 0 radical (unpaired) electrons. The summed E-state index contributed by atoms with van der Waals surface area (Å²) in [6, 6.07) is 6.59. The largest absolute Gasteiger partial charge is 0.384 e. The molecule has 1 heterocycles. The molecule has 0 atom stereocenters. The number of anilines is 1. The van der Waals surface area contributed by atoms with Gasteiger partial charge in [0.2, 0.25) is 0 Å². The lowest BCUT2D eigenvalue weighted by molar-refractivity contribution is 0.676. The van der Waals surface area contributed by atoms with Gasteiger partial charge in [0, 0.05) is 18.8 Å². The molecule has 0 saturated carbocycles. The third-order valence-electron chi connectivity index (χ3n) is 2.68. The molecule has 14 heavy (non-hydrogen) atoms. The van der Waals surface area contributed by atoms with Gasteiger partial charge in [-0.1, -0.05) is 25.1 Å². The number of hydrogen-bond donors (Lipinski definition) is 2. The van der Waals surface area contributed by atoms with Gasteiger partial charge in [0.1, 0.15) is 0 Å². The molecule has 2 N–H and O–H groups in total. The summed E-state index contributed by atoms with van der Waals surface area (Å²) in [5.74, 6) is 0. The Balaban J connectivity index is 2.06. The van der Waals surface area contributed by atoms with Gasteiger partial charge in [0.05, 0.1) is 0 Å². The van der Waals surface area contributed by atoms with Crippen LogP contribution in [0.4, 0.5) is 5.69 Å². The highest BCUT2D eigenvalue weighted by atomic mass is 14.9. The maximum atomic E-state index is 3.46. The van der Waals surface area contributed by atoms with Crippen molar-refractivity contribution in [3.05, 3.63) is 29.3 Å². The second-order valence-electron chi connectivity index (χ2n) is 3.80. The van der Waals surface area contributed by atoms with E-state index in [-0.39, 0.29) is 0 Å². The van der Waals surface area contributed by atoms with Crippen molar-refractivity contribution in [1.29, 1.82) is 0 Å². The van der Waals surface area contributed by atoms with E-state index in [2.05, 4.69) is 35.8 Å². The van der Waals surface area contributed by atoms with Gasteiger partial charge in [-0.15, -0.1) is 0 Å². The van der Waals surface area contributed by atoms with E-state index < -0.39 is 0 Å². The normalized spacial score (nSPS) is 13.8. The predicted octanol–water partition coefficient (Wildman–Crippen LogP) is 2.15. The number of hydrogen-bond acceptors (Lipinski definition) is 2.